The van der Waals surface area contributed by atoms with Gasteiger partial charge in [0, 0.05) is 5.69 Å². The summed E-state index contributed by atoms with van der Waals surface area (Å²) in [5.41, 5.74) is 6.00. The van der Waals surface area contributed by atoms with Crippen LogP contribution in [0.2, 0.25) is 0 Å². The van der Waals surface area contributed by atoms with Crippen molar-refractivity contribution >= 4 is 15.5 Å². The van der Waals surface area contributed by atoms with E-state index in [0.717, 1.165) is 12.1 Å². The van der Waals surface area contributed by atoms with E-state index in [0.29, 0.717) is 5.56 Å². The minimum atomic E-state index is -3.64. The number of hydrogen-bond donors (Lipinski definition) is 1. The van der Waals surface area contributed by atoms with Crippen LogP contribution in [0.15, 0.2) is 47.4 Å². The lowest BCUT2D eigenvalue weighted by molar-refractivity contribution is 0.402. The zero-order chi connectivity index (χ0) is 14.8. The van der Waals surface area contributed by atoms with Crippen LogP contribution < -0.4 is 10.5 Å². The van der Waals surface area contributed by atoms with Crippen LogP contribution >= 0.6 is 0 Å². The Labute approximate surface area is 116 Å². The number of nitrogen functional groups attached to an aromatic ring is 1. The fourth-order valence-electron chi connectivity index (χ4n) is 1.93. The number of sulfone groups is 1. The van der Waals surface area contributed by atoms with Crippen LogP contribution in [-0.4, -0.2) is 15.5 Å². The molecule has 0 spiro atoms. The highest BCUT2D eigenvalue weighted by molar-refractivity contribution is 7.90. The van der Waals surface area contributed by atoms with Gasteiger partial charge in [0.15, 0.2) is 9.84 Å². The normalized spacial score (nSPS) is 11.3. The van der Waals surface area contributed by atoms with Gasteiger partial charge in [0.2, 0.25) is 0 Å². The summed E-state index contributed by atoms with van der Waals surface area (Å²) in [6, 6.07) is 10.0. The van der Waals surface area contributed by atoms with E-state index in [1.807, 2.05) is 0 Å². The molecular formula is C14H14FNO3S. The first-order chi connectivity index (χ1) is 9.42. The Hall–Kier alpha value is -2.08. The number of methoxy groups -OCH3 is 1. The second-order valence-electron chi connectivity index (χ2n) is 4.30. The highest BCUT2D eigenvalue weighted by atomic mass is 32.2. The van der Waals surface area contributed by atoms with E-state index in [2.05, 4.69) is 0 Å². The van der Waals surface area contributed by atoms with E-state index in [4.69, 9.17) is 10.5 Å². The molecule has 6 heteroatoms. The van der Waals surface area contributed by atoms with Crippen molar-refractivity contribution in [3.05, 3.63) is 53.8 Å². The summed E-state index contributed by atoms with van der Waals surface area (Å²) >= 11 is 0. The van der Waals surface area contributed by atoms with Crippen molar-refractivity contribution in [1.82, 2.24) is 0 Å². The maximum absolute atomic E-state index is 13.3. The van der Waals surface area contributed by atoms with E-state index >= 15 is 0 Å². The lowest BCUT2D eigenvalue weighted by atomic mass is 10.2. The van der Waals surface area contributed by atoms with Gasteiger partial charge in [0.05, 0.1) is 12.9 Å². The van der Waals surface area contributed by atoms with Crippen LogP contribution in [0.5, 0.6) is 5.75 Å². The molecule has 0 amide bonds. The van der Waals surface area contributed by atoms with E-state index in [1.165, 1.54) is 19.2 Å². The largest absolute Gasteiger partial charge is 0.495 e. The first kappa shape index (κ1) is 14.3. The summed E-state index contributed by atoms with van der Waals surface area (Å²) in [7, 11) is -2.24. The minimum Gasteiger partial charge on any atom is -0.495 e. The van der Waals surface area contributed by atoms with Gasteiger partial charge in [0.25, 0.3) is 0 Å². The third kappa shape index (κ3) is 3.08. The lowest BCUT2D eigenvalue weighted by Crippen LogP contribution is -2.07. The second-order valence-corrected chi connectivity index (χ2v) is 6.26. The molecule has 0 unspecified atom stereocenters. The molecule has 106 valence electrons. The molecule has 0 fully saturated rings. The quantitative estimate of drug-likeness (QED) is 0.879. The summed E-state index contributed by atoms with van der Waals surface area (Å²) in [4.78, 5) is 0.0744. The number of halogens is 1. The summed E-state index contributed by atoms with van der Waals surface area (Å²) in [5, 5.41) is 0. The highest BCUT2D eigenvalue weighted by Gasteiger charge is 2.20. The van der Waals surface area contributed by atoms with Crippen molar-refractivity contribution in [1.29, 1.82) is 0 Å². The van der Waals surface area contributed by atoms with E-state index < -0.39 is 15.7 Å². The number of para-hydroxylation sites is 1. The zero-order valence-corrected chi connectivity index (χ0v) is 11.7. The molecule has 2 aromatic carbocycles. The number of ether oxygens (including phenoxy) is 1. The summed E-state index contributed by atoms with van der Waals surface area (Å²) in [5.74, 6) is -0.637. The monoisotopic (exact) mass is 295 g/mol. The summed E-state index contributed by atoms with van der Waals surface area (Å²) in [6.45, 7) is 0. The predicted molar refractivity (Wildman–Crippen MR) is 74.7 cm³/mol. The van der Waals surface area contributed by atoms with Gasteiger partial charge in [-0.15, -0.1) is 0 Å². The first-order valence-corrected chi connectivity index (χ1v) is 7.48. The molecule has 0 aliphatic rings. The molecule has 2 N–H and O–H groups in total. The molecule has 0 bridgehead atoms. The molecule has 0 saturated carbocycles. The third-order valence-corrected chi connectivity index (χ3v) is 4.46. The van der Waals surface area contributed by atoms with Crippen LogP contribution in [0, 0.1) is 5.82 Å². The van der Waals surface area contributed by atoms with Gasteiger partial charge < -0.3 is 10.5 Å². The Kier molecular flexibility index (Phi) is 3.94. The Balaban J connectivity index is 2.41. The molecule has 2 aromatic rings. The van der Waals surface area contributed by atoms with Crippen LogP contribution in [0.4, 0.5) is 10.1 Å². The standard InChI is InChI=1S/C14H14FNO3S/c1-19-13-4-2-3-5-14(13)20(17,18)9-10-6-11(15)8-12(16)7-10/h2-8H,9,16H2,1H3. The predicted octanol–water partition coefficient (Wildman–Crippen LogP) is 2.39. The Bertz CT molecular complexity index is 709. The highest BCUT2D eigenvalue weighted by Crippen LogP contribution is 2.26. The van der Waals surface area contributed by atoms with Crippen molar-refractivity contribution in [2.24, 2.45) is 0 Å². The first-order valence-electron chi connectivity index (χ1n) is 5.83. The SMILES string of the molecule is COc1ccccc1S(=O)(=O)Cc1cc(N)cc(F)c1. The molecule has 0 aliphatic heterocycles. The van der Waals surface area contributed by atoms with Gasteiger partial charge in [-0.2, -0.15) is 0 Å². The molecule has 0 aliphatic carbocycles. The molecule has 0 atom stereocenters. The average molecular weight is 295 g/mol. The molecular weight excluding hydrogens is 281 g/mol. The number of hydrogen-bond acceptors (Lipinski definition) is 4. The maximum atomic E-state index is 13.3. The van der Waals surface area contributed by atoms with E-state index in [1.54, 1.807) is 18.2 Å². The van der Waals surface area contributed by atoms with Crippen molar-refractivity contribution in [3.63, 3.8) is 0 Å². The Morgan fingerprint density at radius 1 is 1.20 bits per heavy atom. The van der Waals surface area contributed by atoms with Gasteiger partial charge in [0.1, 0.15) is 16.5 Å². The Morgan fingerprint density at radius 3 is 2.55 bits per heavy atom. The minimum absolute atomic E-state index is 0.0744. The fourth-order valence-corrected chi connectivity index (χ4v) is 3.44. The van der Waals surface area contributed by atoms with Crippen molar-refractivity contribution in [3.8, 4) is 5.75 Å². The van der Waals surface area contributed by atoms with Gasteiger partial charge in [-0.05, 0) is 35.9 Å². The van der Waals surface area contributed by atoms with E-state index in [-0.39, 0.29) is 22.1 Å². The number of rotatable bonds is 4. The van der Waals surface area contributed by atoms with Gasteiger partial charge in [-0.25, -0.2) is 12.8 Å². The maximum Gasteiger partial charge on any atom is 0.186 e. The molecule has 20 heavy (non-hydrogen) atoms. The topological polar surface area (TPSA) is 69.4 Å². The number of anilines is 1. The summed E-state index contributed by atoms with van der Waals surface area (Å²) < 4.78 is 43.0. The second kappa shape index (κ2) is 5.50. The molecule has 0 radical (unpaired) electrons. The lowest BCUT2D eigenvalue weighted by Gasteiger charge is -2.09. The summed E-state index contributed by atoms with van der Waals surface area (Å²) in [6.07, 6.45) is 0. The van der Waals surface area contributed by atoms with Crippen LogP contribution in [0.1, 0.15) is 5.56 Å². The van der Waals surface area contributed by atoms with Gasteiger partial charge in [-0.3, -0.25) is 0 Å². The van der Waals surface area contributed by atoms with Gasteiger partial charge >= 0.3 is 0 Å². The van der Waals surface area contributed by atoms with Crippen molar-refractivity contribution in [2.45, 2.75) is 10.6 Å². The van der Waals surface area contributed by atoms with Crippen LogP contribution in [0.25, 0.3) is 0 Å². The van der Waals surface area contributed by atoms with Crippen molar-refractivity contribution in [2.75, 3.05) is 12.8 Å². The molecule has 0 heterocycles. The van der Waals surface area contributed by atoms with Gasteiger partial charge in [-0.1, -0.05) is 12.1 Å². The van der Waals surface area contributed by atoms with Crippen LogP contribution in [-0.2, 0) is 15.6 Å². The fraction of sp³-hybridized carbons (Fsp3) is 0.143. The van der Waals surface area contributed by atoms with Crippen LogP contribution in [0.3, 0.4) is 0 Å². The Morgan fingerprint density at radius 2 is 1.90 bits per heavy atom. The average Bonchev–Trinajstić information content (AvgIpc) is 2.36. The molecule has 4 nitrogen and oxygen atoms in total. The molecule has 0 saturated heterocycles. The zero-order valence-electron chi connectivity index (χ0n) is 10.8. The number of nitrogens with two attached hydrogens (primary N) is 1. The molecule has 0 aromatic heterocycles. The molecule has 2 rings (SSSR count). The van der Waals surface area contributed by atoms with Crippen molar-refractivity contribution < 1.29 is 17.5 Å². The third-order valence-electron chi connectivity index (χ3n) is 2.74. The smallest absolute Gasteiger partial charge is 0.186 e. The number of benzene rings is 2. The van der Waals surface area contributed by atoms with E-state index in [9.17, 15) is 12.8 Å².